The van der Waals surface area contributed by atoms with E-state index in [1.54, 1.807) is 6.20 Å². The maximum Gasteiger partial charge on any atom is 0.245 e. The second-order valence-corrected chi connectivity index (χ2v) is 4.75. The molecule has 110 valence electrons. The van der Waals surface area contributed by atoms with Crippen molar-refractivity contribution in [1.82, 2.24) is 10.3 Å². The number of nitrogens with two attached hydrogens (primary N) is 1. The van der Waals surface area contributed by atoms with Crippen LogP contribution in [0.5, 0.6) is 0 Å². The average molecular weight is 278 g/mol. The summed E-state index contributed by atoms with van der Waals surface area (Å²) >= 11 is 0. The minimum Gasteiger partial charge on any atom is -0.377 e. The molecule has 1 aliphatic heterocycles. The van der Waals surface area contributed by atoms with Crippen molar-refractivity contribution in [2.45, 2.75) is 25.9 Å². The van der Waals surface area contributed by atoms with Gasteiger partial charge in [-0.1, -0.05) is 6.92 Å². The van der Waals surface area contributed by atoms with Crippen LogP contribution >= 0.6 is 0 Å². The van der Waals surface area contributed by atoms with Crippen LogP contribution in [0, 0.1) is 0 Å². The third kappa shape index (κ3) is 3.26. The largest absolute Gasteiger partial charge is 0.377 e. The molecule has 2 rings (SSSR count). The van der Waals surface area contributed by atoms with E-state index in [-0.39, 0.29) is 11.9 Å². The Labute approximate surface area is 119 Å². The third-order valence-corrected chi connectivity index (χ3v) is 3.35. The molecular formula is C14H22N4O2. The number of morpholine rings is 1. The fourth-order valence-electron chi connectivity index (χ4n) is 2.32. The summed E-state index contributed by atoms with van der Waals surface area (Å²) < 4.78 is 5.45. The molecule has 0 aliphatic carbocycles. The lowest BCUT2D eigenvalue weighted by Gasteiger charge is -2.37. The first-order chi connectivity index (χ1) is 9.77. The van der Waals surface area contributed by atoms with Gasteiger partial charge in [0.1, 0.15) is 6.04 Å². The summed E-state index contributed by atoms with van der Waals surface area (Å²) in [4.78, 5) is 18.6. The highest BCUT2D eigenvalue weighted by atomic mass is 16.5. The molecule has 1 fully saturated rings. The lowest BCUT2D eigenvalue weighted by atomic mass is 10.1. The van der Waals surface area contributed by atoms with Crippen LogP contribution < -0.4 is 16.0 Å². The van der Waals surface area contributed by atoms with Crippen LogP contribution in [0.3, 0.4) is 0 Å². The molecular weight excluding hydrogens is 256 g/mol. The van der Waals surface area contributed by atoms with Crippen molar-refractivity contribution in [2.24, 2.45) is 5.73 Å². The number of amides is 1. The van der Waals surface area contributed by atoms with Crippen LogP contribution in [0.2, 0.25) is 0 Å². The topological polar surface area (TPSA) is 80.5 Å². The number of carbonyl (C=O) groups is 1. The van der Waals surface area contributed by atoms with Gasteiger partial charge >= 0.3 is 0 Å². The van der Waals surface area contributed by atoms with Crippen LogP contribution in [-0.2, 0) is 16.1 Å². The van der Waals surface area contributed by atoms with E-state index in [0.29, 0.717) is 32.8 Å². The molecule has 1 aliphatic rings. The molecule has 3 N–H and O–H groups in total. The van der Waals surface area contributed by atoms with Gasteiger partial charge in [-0.25, -0.2) is 0 Å². The summed E-state index contributed by atoms with van der Waals surface area (Å²) in [6.45, 7) is 4.74. The molecule has 1 unspecified atom stereocenters. The van der Waals surface area contributed by atoms with Crippen LogP contribution in [0.25, 0.3) is 0 Å². The Balaban J connectivity index is 2.20. The Kier molecular flexibility index (Phi) is 5.31. The molecule has 1 saturated heterocycles. The Bertz CT molecular complexity index is 453. The minimum atomic E-state index is -0.315. The van der Waals surface area contributed by atoms with Crippen LogP contribution in [0.15, 0.2) is 18.3 Å². The van der Waals surface area contributed by atoms with Crippen LogP contribution in [0.4, 0.5) is 5.69 Å². The van der Waals surface area contributed by atoms with E-state index in [1.165, 1.54) is 0 Å². The highest BCUT2D eigenvalue weighted by Gasteiger charge is 2.30. The van der Waals surface area contributed by atoms with Gasteiger partial charge in [0.05, 0.1) is 24.6 Å². The summed E-state index contributed by atoms with van der Waals surface area (Å²) in [5.74, 6) is -0.00151. The van der Waals surface area contributed by atoms with Gasteiger partial charge in [0, 0.05) is 25.8 Å². The van der Waals surface area contributed by atoms with Crippen molar-refractivity contribution in [1.29, 1.82) is 0 Å². The maximum atomic E-state index is 12.3. The fraction of sp³-hybridized carbons (Fsp3) is 0.571. The summed E-state index contributed by atoms with van der Waals surface area (Å²) in [5.41, 5.74) is 7.47. The Hall–Kier alpha value is -1.66. The Morgan fingerprint density at radius 2 is 2.50 bits per heavy atom. The van der Waals surface area contributed by atoms with Gasteiger partial charge in [-0.2, -0.15) is 0 Å². The zero-order valence-corrected chi connectivity index (χ0v) is 11.8. The molecule has 6 heteroatoms. The normalized spacial score (nSPS) is 18.9. The zero-order chi connectivity index (χ0) is 14.4. The lowest BCUT2D eigenvalue weighted by Crippen LogP contribution is -2.54. The zero-order valence-electron chi connectivity index (χ0n) is 11.8. The van der Waals surface area contributed by atoms with Gasteiger partial charge in [-0.15, -0.1) is 0 Å². The van der Waals surface area contributed by atoms with Crippen molar-refractivity contribution >= 4 is 11.6 Å². The molecule has 6 nitrogen and oxygen atoms in total. The number of anilines is 1. The predicted molar refractivity (Wildman–Crippen MR) is 77.4 cm³/mol. The quantitative estimate of drug-likeness (QED) is 0.808. The smallest absolute Gasteiger partial charge is 0.245 e. The summed E-state index contributed by atoms with van der Waals surface area (Å²) in [6, 6.07) is 3.51. The van der Waals surface area contributed by atoms with E-state index in [0.717, 1.165) is 17.8 Å². The van der Waals surface area contributed by atoms with E-state index in [9.17, 15) is 4.79 Å². The lowest BCUT2D eigenvalue weighted by molar-refractivity contribution is -0.124. The summed E-state index contributed by atoms with van der Waals surface area (Å²) in [6.07, 6.45) is 2.64. The first-order valence-corrected chi connectivity index (χ1v) is 7.04. The Morgan fingerprint density at radius 3 is 3.25 bits per heavy atom. The average Bonchev–Trinajstić information content (AvgIpc) is 2.52. The fourth-order valence-corrected chi connectivity index (χ4v) is 2.32. The van der Waals surface area contributed by atoms with Gasteiger partial charge in [0.25, 0.3) is 0 Å². The standard InChI is InChI=1S/C14H22N4O2/c1-2-5-17-14(19)13-10-20-8-7-18(13)12-4-3-6-16-11(12)9-15/h3-4,6,13H,2,5,7-10,15H2,1H3,(H,17,19). The minimum absolute atomic E-state index is 0.00151. The van der Waals surface area contributed by atoms with E-state index in [4.69, 9.17) is 10.5 Å². The number of rotatable bonds is 5. The molecule has 0 bridgehead atoms. The van der Waals surface area contributed by atoms with Crippen LogP contribution in [0.1, 0.15) is 19.0 Å². The number of hydrogen-bond acceptors (Lipinski definition) is 5. The number of nitrogens with zero attached hydrogens (tertiary/aromatic N) is 2. The third-order valence-electron chi connectivity index (χ3n) is 3.35. The number of carbonyl (C=O) groups excluding carboxylic acids is 1. The number of aromatic nitrogens is 1. The van der Waals surface area contributed by atoms with Gasteiger partial charge in [0.2, 0.25) is 5.91 Å². The number of nitrogens with one attached hydrogen (secondary N) is 1. The SMILES string of the molecule is CCCNC(=O)C1COCCN1c1cccnc1CN. The van der Waals surface area contributed by atoms with Crippen molar-refractivity contribution < 1.29 is 9.53 Å². The molecule has 0 aromatic carbocycles. The monoisotopic (exact) mass is 278 g/mol. The molecule has 2 heterocycles. The number of pyridine rings is 1. The van der Waals surface area contributed by atoms with Crippen LogP contribution in [-0.4, -0.2) is 43.2 Å². The predicted octanol–water partition coefficient (Wildman–Crippen LogP) is 0.272. The summed E-state index contributed by atoms with van der Waals surface area (Å²) in [7, 11) is 0. The van der Waals surface area contributed by atoms with Gasteiger partial charge in [0.15, 0.2) is 0 Å². The van der Waals surface area contributed by atoms with Crippen molar-refractivity contribution in [2.75, 3.05) is 31.2 Å². The second-order valence-electron chi connectivity index (χ2n) is 4.75. The van der Waals surface area contributed by atoms with E-state index in [1.807, 2.05) is 24.0 Å². The molecule has 20 heavy (non-hydrogen) atoms. The molecule has 1 atom stereocenters. The Morgan fingerprint density at radius 1 is 1.65 bits per heavy atom. The van der Waals surface area contributed by atoms with Crippen molar-refractivity contribution in [3.63, 3.8) is 0 Å². The van der Waals surface area contributed by atoms with E-state index < -0.39 is 0 Å². The highest BCUT2D eigenvalue weighted by Crippen LogP contribution is 2.22. The molecule has 0 radical (unpaired) electrons. The van der Waals surface area contributed by atoms with E-state index >= 15 is 0 Å². The maximum absolute atomic E-state index is 12.3. The molecule has 1 amide bonds. The van der Waals surface area contributed by atoms with Crippen molar-refractivity contribution in [3.05, 3.63) is 24.0 Å². The second kappa shape index (κ2) is 7.21. The number of ether oxygens (including phenoxy) is 1. The number of hydrogen-bond donors (Lipinski definition) is 2. The first kappa shape index (κ1) is 14.7. The van der Waals surface area contributed by atoms with E-state index in [2.05, 4.69) is 10.3 Å². The molecule has 1 aromatic rings. The highest BCUT2D eigenvalue weighted by molar-refractivity contribution is 5.85. The van der Waals surface area contributed by atoms with Gasteiger partial charge < -0.3 is 20.7 Å². The molecule has 0 saturated carbocycles. The van der Waals surface area contributed by atoms with Gasteiger partial charge in [-0.05, 0) is 18.6 Å². The molecule has 1 aromatic heterocycles. The molecule has 0 spiro atoms. The first-order valence-electron chi connectivity index (χ1n) is 7.04. The van der Waals surface area contributed by atoms with Crippen molar-refractivity contribution in [3.8, 4) is 0 Å². The summed E-state index contributed by atoms with van der Waals surface area (Å²) in [5, 5.41) is 2.93. The van der Waals surface area contributed by atoms with Gasteiger partial charge in [-0.3, -0.25) is 9.78 Å².